The molecule has 140 valence electrons. The fraction of sp³-hybridized carbons (Fsp3) is 0.211. The molecule has 0 radical (unpaired) electrons. The number of rotatable bonds is 5. The molecule has 27 heavy (non-hydrogen) atoms. The summed E-state index contributed by atoms with van der Waals surface area (Å²) in [6, 6.07) is 7.32. The third kappa shape index (κ3) is 3.80. The number of esters is 1. The highest BCUT2D eigenvalue weighted by atomic mass is 79.9. The van der Waals surface area contributed by atoms with Gasteiger partial charge in [-0.3, -0.25) is 4.79 Å². The SMILES string of the molecule is CCOC(=O)c1c(C)[nH]c(C(=O)Nc2cc(Br)ccc2-n2cccn2)c1C. The smallest absolute Gasteiger partial charge is 0.340 e. The van der Waals surface area contributed by atoms with E-state index in [-0.39, 0.29) is 12.5 Å². The van der Waals surface area contributed by atoms with Gasteiger partial charge in [0.1, 0.15) is 5.69 Å². The number of nitrogens with one attached hydrogen (secondary N) is 2. The zero-order valence-electron chi connectivity index (χ0n) is 15.2. The maximum Gasteiger partial charge on any atom is 0.340 e. The summed E-state index contributed by atoms with van der Waals surface area (Å²) in [5.74, 6) is -0.792. The van der Waals surface area contributed by atoms with E-state index in [0.717, 1.165) is 10.2 Å². The highest BCUT2D eigenvalue weighted by Gasteiger charge is 2.23. The van der Waals surface area contributed by atoms with Crippen LogP contribution in [0.2, 0.25) is 0 Å². The number of carbonyl (C=O) groups is 2. The number of aromatic amines is 1. The van der Waals surface area contributed by atoms with Gasteiger partial charge < -0.3 is 15.0 Å². The summed E-state index contributed by atoms with van der Waals surface area (Å²) in [5, 5.41) is 7.11. The van der Waals surface area contributed by atoms with E-state index in [1.807, 2.05) is 12.1 Å². The van der Waals surface area contributed by atoms with Crippen molar-refractivity contribution in [2.24, 2.45) is 0 Å². The van der Waals surface area contributed by atoms with E-state index >= 15 is 0 Å². The first-order chi connectivity index (χ1) is 12.9. The van der Waals surface area contributed by atoms with Gasteiger partial charge in [-0.2, -0.15) is 5.10 Å². The third-order valence-corrected chi connectivity index (χ3v) is 4.60. The minimum absolute atomic E-state index is 0.274. The molecule has 1 aromatic carbocycles. The van der Waals surface area contributed by atoms with Crippen LogP contribution in [0.1, 0.15) is 39.0 Å². The van der Waals surface area contributed by atoms with Crippen molar-refractivity contribution in [3.05, 3.63) is 63.6 Å². The number of hydrogen-bond donors (Lipinski definition) is 2. The minimum atomic E-state index is -0.442. The van der Waals surface area contributed by atoms with Gasteiger partial charge in [-0.15, -0.1) is 0 Å². The van der Waals surface area contributed by atoms with Crippen molar-refractivity contribution < 1.29 is 14.3 Å². The van der Waals surface area contributed by atoms with Gasteiger partial charge in [-0.1, -0.05) is 15.9 Å². The van der Waals surface area contributed by atoms with E-state index in [1.165, 1.54) is 0 Å². The Morgan fingerprint density at radius 3 is 2.78 bits per heavy atom. The summed E-state index contributed by atoms with van der Waals surface area (Å²) in [7, 11) is 0. The molecule has 2 aromatic heterocycles. The predicted molar refractivity (Wildman–Crippen MR) is 105 cm³/mol. The van der Waals surface area contributed by atoms with Crippen LogP contribution in [0.25, 0.3) is 5.69 Å². The van der Waals surface area contributed by atoms with Gasteiger partial charge in [0.15, 0.2) is 0 Å². The van der Waals surface area contributed by atoms with Gasteiger partial charge in [0.05, 0.1) is 23.5 Å². The summed E-state index contributed by atoms with van der Waals surface area (Å²) >= 11 is 3.42. The molecule has 8 heteroatoms. The molecule has 0 saturated heterocycles. The molecule has 0 fully saturated rings. The first kappa shape index (κ1) is 18.9. The molecule has 0 aliphatic carbocycles. The number of benzene rings is 1. The van der Waals surface area contributed by atoms with E-state index in [2.05, 4.69) is 31.3 Å². The van der Waals surface area contributed by atoms with Crippen LogP contribution >= 0.6 is 15.9 Å². The summed E-state index contributed by atoms with van der Waals surface area (Å²) in [5.41, 5.74) is 3.17. The van der Waals surface area contributed by atoms with E-state index < -0.39 is 5.97 Å². The third-order valence-electron chi connectivity index (χ3n) is 4.10. The van der Waals surface area contributed by atoms with Crippen molar-refractivity contribution >= 4 is 33.5 Å². The number of halogens is 1. The zero-order chi connectivity index (χ0) is 19.6. The highest BCUT2D eigenvalue weighted by Crippen LogP contribution is 2.26. The van der Waals surface area contributed by atoms with Crippen molar-refractivity contribution in [3.63, 3.8) is 0 Å². The highest BCUT2D eigenvalue weighted by molar-refractivity contribution is 9.10. The fourth-order valence-corrected chi connectivity index (χ4v) is 3.25. The molecule has 0 aliphatic rings. The Bertz CT molecular complexity index is 993. The molecule has 2 N–H and O–H groups in total. The van der Waals surface area contributed by atoms with Crippen molar-refractivity contribution in [3.8, 4) is 5.69 Å². The predicted octanol–water partition coefficient (Wildman–Crippen LogP) is 4.01. The van der Waals surface area contributed by atoms with Crippen LogP contribution in [0, 0.1) is 13.8 Å². The monoisotopic (exact) mass is 430 g/mol. The van der Waals surface area contributed by atoms with Crippen molar-refractivity contribution in [2.45, 2.75) is 20.8 Å². The minimum Gasteiger partial charge on any atom is -0.462 e. The molecule has 3 aromatic rings. The number of amides is 1. The maximum atomic E-state index is 12.9. The average molecular weight is 431 g/mol. The van der Waals surface area contributed by atoms with Gasteiger partial charge in [0.2, 0.25) is 0 Å². The Hall–Kier alpha value is -2.87. The molecule has 0 aliphatic heterocycles. The first-order valence-corrected chi connectivity index (χ1v) is 9.18. The second-order valence-corrected chi connectivity index (χ2v) is 6.83. The van der Waals surface area contributed by atoms with Gasteiger partial charge in [-0.05, 0) is 50.6 Å². The lowest BCUT2D eigenvalue weighted by atomic mass is 10.1. The number of hydrogen-bond acceptors (Lipinski definition) is 4. The standard InChI is InChI=1S/C19H19BrN4O3/c1-4-27-19(26)16-11(2)17(22-12(16)3)18(25)23-14-10-13(20)6-7-15(14)24-9-5-8-21-24/h5-10,22H,4H2,1-3H3,(H,23,25). The number of carbonyl (C=O) groups excluding carboxylic acids is 2. The van der Waals surface area contributed by atoms with Crippen LogP contribution in [-0.2, 0) is 4.74 Å². The number of H-pyrrole nitrogens is 1. The molecule has 0 saturated carbocycles. The maximum absolute atomic E-state index is 12.9. The van der Waals surface area contributed by atoms with Crippen LogP contribution in [0.5, 0.6) is 0 Å². The lowest BCUT2D eigenvalue weighted by molar-refractivity contribution is 0.0525. The van der Waals surface area contributed by atoms with E-state index in [4.69, 9.17) is 4.74 Å². The van der Waals surface area contributed by atoms with Crippen LogP contribution < -0.4 is 5.32 Å². The molecule has 7 nitrogen and oxygen atoms in total. The summed E-state index contributed by atoms with van der Waals surface area (Å²) in [6.45, 7) is 5.48. The second-order valence-electron chi connectivity index (χ2n) is 5.91. The van der Waals surface area contributed by atoms with E-state index in [0.29, 0.717) is 28.2 Å². The van der Waals surface area contributed by atoms with E-state index in [9.17, 15) is 9.59 Å². The summed E-state index contributed by atoms with van der Waals surface area (Å²) in [4.78, 5) is 28.0. The van der Waals surface area contributed by atoms with Crippen molar-refractivity contribution in [1.29, 1.82) is 0 Å². The topological polar surface area (TPSA) is 89.0 Å². The molecule has 3 rings (SSSR count). The Morgan fingerprint density at radius 2 is 2.11 bits per heavy atom. The number of aromatic nitrogens is 3. The molecule has 0 bridgehead atoms. The Kier molecular flexibility index (Phi) is 5.46. The molecule has 2 heterocycles. The Balaban J connectivity index is 1.94. The molecule has 1 amide bonds. The quantitative estimate of drug-likeness (QED) is 0.598. The van der Waals surface area contributed by atoms with Crippen molar-refractivity contribution in [2.75, 3.05) is 11.9 Å². The lowest BCUT2D eigenvalue weighted by Gasteiger charge is -2.12. The largest absolute Gasteiger partial charge is 0.462 e. The molecule has 0 spiro atoms. The molecule has 0 atom stereocenters. The number of nitrogens with zero attached hydrogens (tertiary/aromatic N) is 2. The van der Waals surface area contributed by atoms with Gasteiger partial charge in [-0.25, -0.2) is 9.48 Å². The van der Waals surface area contributed by atoms with Crippen LogP contribution in [0.4, 0.5) is 5.69 Å². The zero-order valence-corrected chi connectivity index (χ0v) is 16.8. The first-order valence-electron chi connectivity index (χ1n) is 8.39. The average Bonchev–Trinajstić information content (AvgIpc) is 3.23. The molecular formula is C19H19BrN4O3. The van der Waals surface area contributed by atoms with Crippen LogP contribution in [0.3, 0.4) is 0 Å². The van der Waals surface area contributed by atoms with E-state index in [1.54, 1.807) is 50.0 Å². The summed E-state index contributed by atoms with van der Waals surface area (Å²) < 4.78 is 7.56. The molecule has 0 unspecified atom stereocenters. The van der Waals surface area contributed by atoms with Crippen molar-refractivity contribution in [1.82, 2.24) is 14.8 Å². The lowest BCUT2D eigenvalue weighted by Crippen LogP contribution is -2.16. The molecular weight excluding hydrogens is 412 g/mol. The van der Waals surface area contributed by atoms with Gasteiger partial charge >= 0.3 is 5.97 Å². The normalized spacial score (nSPS) is 10.7. The van der Waals surface area contributed by atoms with Crippen LogP contribution in [0.15, 0.2) is 41.1 Å². The second kappa shape index (κ2) is 7.79. The Labute approximate surface area is 164 Å². The number of ether oxygens (including phenoxy) is 1. The fourth-order valence-electron chi connectivity index (χ4n) is 2.89. The van der Waals surface area contributed by atoms with Gasteiger partial charge in [0, 0.05) is 22.6 Å². The summed E-state index contributed by atoms with van der Waals surface area (Å²) in [6.07, 6.45) is 3.46. The van der Waals surface area contributed by atoms with Gasteiger partial charge in [0.25, 0.3) is 5.91 Å². The Morgan fingerprint density at radius 1 is 1.33 bits per heavy atom. The number of anilines is 1. The van der Waals surface area contributed by atoms with Crippen LogP contribution in [-0.4, -0.2) is 33.2 Å². The number of aryl methyl sites for hydroxylation is 1.